The quantitative estimate of drug-likeness (QED) is 0.368. The van der Waals surface area contributed by atoms with Crippen molar-refractivity contribution in [3.05, 3.63) is 52.9 Å². The molecule has 0 spiro atoms. The van der Waals surface area contributed by atoms with Gasteiger partial charge < -0.3 is 14.6 Å². The molecule has 0 radical (unpaired) electrons. The average Bonchev–Trinajstić information content (AvgIpc) is 3.31. The van der Waals surface area contributed by atoms with Gasteiger partial charge in [0.15, 0.2) is 8.32 Å². The van der Waals surface area contributed by atoms with Crippen LogP contribution in [0.1, 0.15) is 65.3 Å². The van der Waals surface area contributed by atoms with Crippen LogP contribution in [0.3, 0.4) is 0 Å². The number of fused-ring (bicyclic) bond motifs is 1. The van der Waals surface area contributed by atoms with Crippen LogP contribution in [0.4, 0.5) is 17.3 Å². The summed E-state index contributed by atoms with van der Waals surface area (Å²) in [5.41, 5.74) is 2.84. The van der Waals surface area contributed by atoms with Crippen LogP contribution in [0.25, 0.3) is 11.0 Å². The minimum Gasteiger partial charge on any atom is -0.412 e. The van der Waals surface area contributed by atoms with Gasteiger partial charge in [0, 0.05) is 42.1 Å². The number of hydrogen-bond acceptors (Lipinski definition) is 6. The molecule has 1 aliphatic carbocycles. The zero-order valence-electron chi connectivity index (χ0n) is 23.0. The fourth-order valence-electron chi connectivity index (χ4n) is 5.35. The SMILES string of the molecule is CC(C)(C)[Si](C)(C)OC1CCCC1n1c(=O)ccc2cnc(Nc3ccc(N4CCCCC4)cc3)nc21. The Kier molecular flexibility index (Phi) is 7.15. The molecule has 2 fully saturated rings. The highest BCUT2D eigenvalue weighted by Crippen LogP contribution is 2.42. The highest BCUT2D eigenvalue weighted by atomic mass is 28.4. The summed E-state index contributed by atoms with van der Waals surface area (Å²) >= 11 is 0. The number of pyridine rings is 1. The van der Waals surface area contributed by atoms with Crippen LogP contribution in [0, 0.1) is 0 Å². The summed E-state index contributed by atoms with van der Waals surface area (Å²) in [6.07, 6.45) is 8.61. The molecule has 1 saturated heterocycles. The van der Waals surface area contributed by atoms with Crippen LogP contribution in [0.2, 0.25) is 18.1 Å². The second-order valence-electron chi connectivity index (χ2n) is 12.1. The van der Waals surface area contributed by atoms with E-state index in [0.717, 1.165) is 43.4 Å². The Hall–Kier alpha value is -2.71. The summed E-state index contributed by atoms with van der Waals surface area (Å²) < 4.78 is 8.70. The molecule has 8 heteroatoms. The summed E-state index contributed by atoms with van der Waals surface area (Å²) in [5, 5.41) is 4.33. The third kappa shape index (κ3) is 5.45. The first-order chi connectivity index (χ1) is 17.6. The number of nitrogens with zero attached hydrogens (tertiary/aromatic N) is 4. The Morgan fingerprint density at radius 2 is 1.70 bits per heavy atom. The maximum atomic E-state index is 13.2. The Bertz CT molecular complexity index is 1290. The zero-order valence-corrected chi connectivity index (χ0v) is 24.0. The minimum absolute atomic E-state index is 0.0168. The third-order valence-corrected chi connectivity index (χ3v) is 13.0. The molecular weight excluding hydrogens is 478 g/mol. The number of rotatable bonds is 6. The van der Waals surface area contributed by atoms with Gasteiger partial charge in [0.2, 0.25) is 5.95 Å². The molecule has 2 aromatic heterocycles. The average molecular weight is 520 g/mol. The van der Waals surface area contributed by atoms with Gasteiger partial charge in [0.25, 0.3) is 5.56 Å². The molecule has 1 N–H and O–H groups in total. The maximum Gasteiger partial charge on any atom is 0.252 e. The number of benzene rings is 1. The fourth-order valence-corrected chi connectivity index (χ4v) is 6.74. The summed E-state index contributed by atoms with van der Waals surface area (Å²) in [4.78, 5) is 25.1. The van der Waals surface area contributed by atoms with Gasteiger partial charge in [-0.2, -0.15) is 4.98 Å². The van der Waals surface area contributed by atoms with Crippen molar-refractivity contribution in [3.63, 3.8) is 0 Å². The maximum absolute atomic E-state index is 13.2. The summed E-state index contributed by atoms with van der Waals surface area (Å²) in [5.74, 6) is 0.498. The first-order valence-corrected chi connectivity index (χ1v) is 16.7. The molecule has 0 amide bonds. The number of hydrogen-bond donors (Lipinski definition) is 1. The van der Waals surface area contributed by atoms with Crippen LogP contribution >= 0.6 is 0 Å². The van der Waals surface area contributed by atoms with Gasteiger partial charge in [0.1, 0.15) is 5.65 Å². The van der Waals surface area contributed by atoms with E-state index in [4.69, 9.17) is 9.41 Å². The molecule has 3 heterocycles. The van der Waals surface area contributed by atoms with Gasteiger partial charge in [-0.15, -0.1) is 0 Å². The van der Waals surface area contributed by atoms with E-state index in [1.807, 2.05) is 10.6 Å². The van der Waals surface area contributed by atoms with Crippen LogP contribution in [-0.2, 0) is 4.43 Å². The lowest BCUT2D eigenvalue weighted by Gasteiger charge is -2.40. The Morgan fingerprint density at radius 1 is 0.973 bits per heavy atom. The number of piperidine rings is 1. The van der Waals surface area contributed by atoms with Crippen LogP contribution in [0.5, 0.6) is 0 Å². The lowest BCUT2D eigenvalue weighted by atomic mass is 10.1. The monoisotopic (exact) mass is 519 g/mol. The van der Waals surface area contributed by atoms with Crippen molar-refractivity contribution in [2.45, 2.75) is 89.6 Å². The van der Waals surface area contributed by atoms with Crippen molar-refractivity contribution < 1.29 is 4.43 Å². The molecule has 37 heavy (non-hydrogen) atoms. The fraction of sp³-hybridized carbons (Fsp3) is 0.552. The normalized spacial score (nSPS) is 20.9. The van der Waals surface area contributed by atoms with Crippen molar-refractivity contribution in [2.24, 2.45) is 0 Å². The molecule has 1 aliphatic heterocycles. The Morgan fingerprint density at radius 3 is 2.41 bits per heavy atom. The molecule has 1 aromatic carbocycles. The summed E-state index contributed by atoms with van der Waals surface area (Å²) in [6.45, 7) is 13.6. The van der Waals surface area contributed by atoms with E-state index in [1.54, 1.807) is 12.3 Å². The van der Waals surface area contributed by atoms with Crippen molar-refractivity contribution in [1.29, 1.82) is 0 Å². The Balaban J connectivity index is 1.42. The van der Waals surface area contributed by atoms with E-state index >= 15 is 0 Å². The van der Waals surface area contributed by atoms with E-state index in [9.17, 15) is 4.79 Å². The van der Waals surface area contributed by atoms with Gasteiger partial charge in [-0.05, 0) is 87.0 Å². The molecule has 0 bridgehead atoms. The van der Waals surface area contributed by atoms with Gasteiger partial charge in [-0.25, -0.2) is 4.98 Å². The van der Waals surface area contributed by atoms with Crippen LogP contribution in [-0.4, -0.2) is 42.0 Å². The van der Waals surface area contributed by atoms with Crippen molar-refractivity contribution in [3.8, 4) is 0 Å². The summed E-state index contributed by atoms with van der Waals surface area (Å²) in [6, 6.07) is 11.9. The lowest BCUT2D eigenvalue weighted by molar-refractivity contribution is 0.144. The van der Waals surface area contributed by atoms with E-state index in [0.29, 0.717) is 11.6 Å². The molecule has 198 valence electrons. The predicted molar refractivity (Wildman–Crippen MR) is 155 cm³/mol. The molecule has 3 aromatic rings. The smallest absolute Gasteiger partial charge is 0.252 e. The number of aromatic nitrogens is 3. The van der Waals surface area contributed by atoms with Crippen molar-refractivity contribution in [2.75, 3.05) is 23.3 Å². The largest absolute Gasteiger partial charge is 0.412 e. The van der Waals surface area contributed by atoms with Gasteiger partial charge >= 0.3 is 0 Å². The molecule has 7 nitrogen and oxygen atoms in total. The highest BCUT2D eigenvalue weighted by molar-refractivity contribution is 6.74. The second-order valence-corrected chi connectivity index (χ2v) is 16.9. The number of anilines is 3. The van der Waals surface area contributed by atoms with Gasteiger partial charge in [0.05, 0.1) is 12.1 Å². The second kappa shape index (κ2) is 10.2. The molecule has 5 rings (SSSR count). The predicted octanol–water partition coefficient (Wildman–Crippen LogP) is 6.64. The van der Waals surface area contributed by atoms with Crippen molar-refractivity contribution >= 4 is 36.7 Å². The summed E-state index contributed by atoms with van der Waals surface area (Å²) in [7, 11) is -1.97. The van der Waals surface area contributed by atoms with Crippen LogP contribution < -0.4 is 15.8 Å². The lowest BCUT2D eigenvalue weighted by Crippen LogP contribution is -2.45. The van der Waals surface area contributed by atoms with Crippen LogP contribution in [0.15, 0.2) is 47.4 Å². The topological polar surface area (TPSA) is 72.3 Å². The first-order valence-electron chi connectivity index (χ1n) is 13.8. The number of nitrogens with one attached hydrogen (secondary N) is 1. The third-order valence-electron chi connectivity index (χ3n) is 8.51. The first kappa shape index (κ1) is 25.9. The van der Waals surface area contributed by atoms with Gasteiger partial charge in [-0.1, -0.05) is 20.8 Å². The zero-order chi connectivity index (χ0) is 26.2. The van der Waals surface area contributed by atoms with Gasteiger partial charge in [-0.3, -0.25) is 9.36 Å². The Labute approximate surface area is 221 Å². The highest BCUT2D eigenvalue weighted by Gasteiger charge is 2.42. The van der Waals surface area contributed by atoms with E-state index in [2.05, 4.69) is 73.3 Å². The molecule has 2 unspecified atom stereocenters. The molecular formula is C29H41N5O2Si. The minimum atomic E-state index is -1.97. The molecule has 2 aliphatic rings. The van der Waals surface area contributed by atoms with E-state index in [-0.39, 0.29) is 22.7 Å². The standard InChI is InChI=1S/C29H41N5O2Si/c1-29(2,3)37(4,5)36-25-11-9-10-24(25)34-26(35)17-12-21-20-30-28(32-27(21)34)31-22-13-15-23(16-14-22)33-18-7-6-8-19-33/h12-17,20,24-25H,6-11,18-19H2,1-5H3,(H,30,31,32). The van der Waals surface area contributed by atoms with Crippen molar-refractivity contribution in [1.82, 2.24) is 14.5 Å². The molecule has 2 atom stereocenters. The van der Waals surface area contributed by atoms with E-state index < -0.39 is 8.32 Å². The molecule has 1 saturated carbocycles. The van der Waals surface area contributed by atoms with E-state index in [1.165, 1.54) is 24.9 Å².